The first-order valence-electron chi connectivity index (χ1n) is 6.76. The molecule has 0 fully saturated rings. The van der Waals surface area contributed by atoms with Crippen LogP contribution in [0.3, 0.4) is 0 Å². The van der Waals surface area contributed by atoms with Gasteiger partial charge in [0.25, 0.3) is 0 Å². The van der Waals surface area contributed by atoms with Gasteiger partial charge in [0.05, 0.1) is 0 Å². The van der Waals surface area contributed by atoms with Gasteiger partial charge in [-0.3, -0.25) is 9.69 Å². The van der Waals surface area contributed by atoms with E-state index in [4.69, 9.17) is 5.11 Å². The summed E-state index contributed by atoms with van der Waals surface area (Å²) in [5, 5.41) is 8.67. The highest BCUT2D eigenvalue weighted by molar-refractivity contribution is 5.66. The Morgan fingerprint density at radius 2 is 1.80 bits per heavy atom. The smallest absolute Gasteiger partial charge is 0.303 e. The van der Waals surface area contributed by atoms with Crippen LogP contribution in [-0.4, -0.2) is 28.6 Å². The van der Waals surface area contributed by atoms with Crippen LogP contribution in [0.15, 0.2) is 18.2 Å². The molecule has 0 saturated heterocycles. The highest BCUT2D eigenvalue weighted by Gasteiger charge is 2.24. The summed E-state index contributed by atoms with van der Waals surface area (Å²) in [5.41, 5.74) is 0.0384. The van der Waals surface area contributed by atoms with Crippen molar-refractivity contribution in [1.29, 1.82) is 0 Å². The van der Waals surface area contributed by atoms with Gasteiger partial charge in [-0.25, -0.2) is 8.78 Å². The van der Waals surface area contributed by atoms with Crippen LogP contribution in [0.5, 0.6) is 0 Å². The van der Waals surface area contributed by atoms with Crippen molar-refractivity contribution in [3.8, 4) is 0 Å². The Morgan fingerprint density at radius 1 is 1.25 bits per heavy atom. The van der Waals surface area contributed by atoms with E-state index < -0.39 is 23.6 Å². The number of hydrogen-bond donors (Lipinski definition) is 1. The second kappa shape index (κ2) is 7.33. The number of nitrogens with zero attached hydrogens (tertiary/aromatic N) is 1. The first-order valence-corrected chi connectivity index (χ1v) is 6.76. The summed E-state index contributed by atoms with van der Waals surface area (Å²) in [6, 6.07) is 3.45. The average molecular weight is 285 g/mol. The van der Waals surface area contributed by atoms with Gasteiger partial charge in [-0.05, 0) is 45.9 Å². The van der Waals surface area contributed by atoms with Gasteiger partial charge in [0.1, 0.15) is 11.6 Å². The zero-order valence-electron chi connectivity index (χ0n) is 12.1. The fourth-order valence-electron chi connectivity index (χ4n) is 2.39. The highest BCUT2D eigenvalue weighted by atomic mass is 19.1. The van der Waals surface area contributed by atoms with Gasteiger partial charge < -0.3 is 5.11 Å². The van der Waals surface area contributed by atoms with E-state index in [1.807, 2.05) is 18.7 Å². The third-order valence-corrected chi connectivity index (χ3v) is 3.39. The molecule has 0 heterocycles. The van der Waals surface area contributed by atoms with Crippen molar-refractivity contribution < 1.29 is 18.7 Å². The number of hydrogen-bond acceptors (Lipinski definition) is 2. The summed E-state index contributed by atoms with van der Waals surface area (Å²) in [4.78, 5) is 12.5. The average Bonchev–Trinajstić information content (AvgIpc) is 2.33. The van der Waals surface area contributed by atoms with Crippen molar-refractivity contribution >= 4 is 5.97 Å². The van der Waals surface area contributed by atoms with Gasteiger partial charge in [-0.15, -0.1) is 0 Å². The molecule has 0 amide bonds. The van der Waals surface area contributed by atoms with Crippen LogP contribution in [0.25, 0.3) is 0 Å². The molecular weight excluding hydrogens is 264 g/mol. The van der Waals surface area contributed by atoms with Crippen molar-refractivity contribution in [3.05, 3.63) is 35.4 Å². The number of aliphatic carboxylic acids is 1. The van der Waals surface area contributed by atoms with E-state index in [0.29, 0.717) is 13.0 Å². The van der Waals surface area contributed by atoms with Crippen LogP contribution >= 0.6 is 0 Å². The summed E-state index contributed by atoms with van der Waals surface area (Å²) in [7, 11) is 0. The number of carbonyl (C=O) groups is 1. The lowest BCUT2D eigenvalue weighted by atomic mass is 10.0. The second-order valence-electron chi connectivity index (χ2n) is 5.14. The molecule has 0 spiro atoms. The molecule has 0 aromatic heterocycles. The first kappa shape index (κ1) is 16.6. The molecule has 112 valence electrons. The minimum atomic E-state index is -0.863. The molecule has 1 aromatic rings. The Labute approximate surface area is 118 Å². The van der Waals surface area contributed by atoms with Crippen molar-refractivity contribution in [1.82, 2.24) is 4.90 Å². The zero-order valence-corrected chi connectivity index (χ0v) is 12.1. The van der Waals surface area contributed by atoms with Gasteiger partial charge in [0.15, 0.2) is 0 Å². The maximum atomic E-state index is 13.8. The molecule has 0 aliphatic carbocycles. The quantitative estimate of drug-likeness (QED) is 0.832. The monoisotopic (exact) mass is 285 g/mol. The SMILES string of the molecule is CC(C)N(CCCC(=O)O)C(C)c1c(F)cccc1F. The fourth-order valence-corrected chi connectivity index (χ4v) is 2.39. The largest absolute Gasteiger partial charge is 0.481 e. The van der Waals surface area contributed by atoms with E-state index in [9.17, 15) is 13.6 Å². The second-order valence-corrected chi connectivity index (χ2v) is 5.14. The molecule has 1 atom stereocenters. The molecule has 1 rings (SSSR count). The van der Waals surface area contributed by atoms with Crippen LogP contribution in [0, 0.1) is 11.6 Å². The third-order valence-electron chi connectivity index (χ3n) is 3.39. The fraction of sp³-hybridized carbons (Fsp3) is 0.533. The summed E-state index contributed by atoms with van der Waals surface area (Å²) < 4.78 is 27.6. The Morgan fingerprint density at radius 3 is 2.25 bits per heavy atom. The van der Waals surface area contributed by atoms with Crippen molar-refractivity contribution in [2.45, 2.75) is 45.7 Å². The van der Waals surface area contributed by atoms with E-state index >= 15 is 0 Å². The van der Waals surface area contributed by atoms with E-state index in [0.717, 1.165) is 0 Å². The third kappa shape index (κ3) is 4.27. The molecular formula is C15H21F2NO2. The number of rotatable bonds is 7. The van der Waals surface area contributed by atoms with E-state index in [1.54, 1.807) is 6.92 Å². The van der Waals surface area contributed by atoms with Crippen LogP contribution in [0.4, 0.5) is 8.78 Å². The Hall–Kier alpha value is -1.49. The molecule has 0 aliphatic rings. The lowest BCUT2D eigenvalue weighted by Crippen LogP contribution is -2.35. The summed E-state index contributed by atoms with van der Waals surface area (Å²) >= 11 is 0. The molecule has 20 heavy (non-hydrogen) atoms. The molecule has 3 nitrogen and oxygen atoms in total. The maximum absolute atomic E-state index is 13.8. The summed E-state index contributed by atoms with van der Waals surface area (Å²) in [6.07, 6.45) is 0.504. The summed E-state index contributed by atoms with van der Waals surface area (Å²) in [6.45, 7) is 6.08. The minimum Gasteiger partial charge on any atom is -0.481 e. The molecule has 5 heteroatoms. The number of carboxylic acids is 1. The topological polar surface area (TPSA) is 40.5 Å². The standard InChI is InChI=1S/C15H21F2NO2/c1-10(2)18(9-5-8-14(19)20)11(3)15-12(16)6-4-7-13(15)17/h4,6-7,10-11H,5,8-9H2,1-3H3,(H,19,20). The summed E-state index contributed by atoms with van der Waals surface area (Å²) in [5.74, 6) is -2.00. The van der Waals surface area contributed by atoms with E-state index in [2.05, 4.69) is 0 Å². The number of halogens is 2. The normalized spacial score (nSPS) is 12.9. The van der Waals surface area contributed by atoms with Crippen LogP contribution < -0.4 is 0 Å². The minimum absolute atomic E-state index is 0.0384. The maximum Gasteiger partial charge on any atom is 0.303 e. The molecule has 0 radical (unpaired) electrons. The van der Waals surface area contributed by atoms with Crippen LogP contribution in [0.1, 0.15) is 45.2 Å². The predicted octanol–water partition coefficient (Wildman–Crippen LogP) is 3.60. The Balaban J connectivity index is 2.88. The highest BCUT2D eigenvalue weighted by Crippen LogP contribution is 2.27. The Kier molecular flexibility index (Phi) is 6.07. The van der Waals surface area contributed by atoms with Gasteiger partial charge in [0.2, 0.25) is 0 Å². The predicted molar refractivity (Wildman–Crippen MR) is 73.5 cm³/mol. The number of carboxylic acid groups (broad SMARTS) is 1. The van der Waals surface area contributed by atoms with E-state index in [-0.39, 0.29) is 18.0 Å². The number of benzene rings is 1. The lowest BCUT2D eigenvalue weighted by Gasteiger charge is -2.33. The van der Waals surface area contributed by atoms with E-state index in [1.165, 1.54) is 18.2 Å². The molecule has 0 saturated carbocycles. The van der Waals surface area contributed by atoms with Gasteiger partial charge >= 0.3 is 5.97 Å². The van der Waals surface area contributed by atoms with Gasteiger partial charge in [0, 0.05) is 24.1 Å². The van der Waals surface area contributed by atoms with Crippen molar-refractivity contribution in [2.75, 3.05) is 6.54 Å². The van der Waals surface area contributed by atoms with Gasteiger partial charge in [-0.2, -0.15) is 0 Å². The first-order chi connectivity index (χ1) is 9.34. The van der Waals surface area contributed by atoms with Gasteiger partial charge in [-0.1, -0.05) is 6.07 Å². The molecule has 1 N–H and O–H groups in total. The van der Waals surface area contributed by atoms with Crippen molar-refractivity contribution in [2.24, 2.45) is 0 Å². The van der Waals surface area contributed by atoms with Crippen LogP contribution in [-0.2, 0) is 4.79 Å². The molecule has 1 aromatic carbocycles. The van der Waals surface area contributed by atoms with Crippen molar-refractivity contribution in [3.63, 3.8) is 0 Å². The molecule has 1 unspecified atom stereocenters. The Bertz CT molecular complexity index is 443. The molecule has 0 aliphatic heterocycles. The zero-order chi connectivity index (χ0) is 15.3. The van der Waals surface area contributed by atoms with Crippen LogP contribution in [0.2, 0.25) is 0 Å². The lowest BCUT2D eigenvalue weighted by molar-refractivity contribution is -0.137. The molecule has 0 bridgehead atoms.